The second kappa shape index (κ2) is 11.3. The number of aryl methyl sites for hydroxylation is 1. The predicted molar refractivity (Wildman–Crippen MR) is 112 cm³/mol. The lowest BCUT2D eigenvalue weighted by molar-refractivity contribution is 0.796. The third kappa shape index (κ3) is 7.49. The van der Waals surface area contributed by atoms with Crippen LogP contribution < -0.4 is 10.6 Å². The van der Waals surface area contributed by atoms with Gasteiger partial charge in [0.05, 0.1) is 12.2 Å². The zero-order valence-corrected chi connectivity index (χ0v) is 17.1. The molecule has 0 atom stereocenters. The Morgan fingerprint density at radius 3 is 2.54 bits per heavy atom. The number of guanidine groups is 1. The van der Waals surface area contributed by atoms with E-state index in [1.165, 1.54) is 5.56 Å². The number of nitrogens with one attached hydrogen (secondary N) is 2. The van der Waals surface area contributed by atoms with Gasteiger partial charge < -0.3 is 10.6 Å². The molecule has 2 aromatic rings. The topological polar surface area (TPSA) is 49.3 Å². The fourth-order valence-corrected chi connectivity index (χ4v) is 2.29. The first-order valence-corrected chi connectivity index (χ1v) is 8.24. The average molecular weight is 459 g/mol. The summed E-state index contributed by atoms with van der Waals surface area (Å²) in [5, 5.41) is 7.37. The highest BCUT2D eigenvalue weighted by atomic mass is 127. The summed E-state index contributed by atoms with van der Waals surface area (Å²) < 4.78 is 0. The Labute approximate surface area is 166 Å². The molecule has 0 aliphatic heterocycles. The monoisotopic (exact) mass is 458 g/mol. The van der Waals surface area contributed by atoms with Crippen molar-refractivity contribution in [3.63, 3.8) is 0 Å². The van der Waals surface area contributed by atoms with Crippen LogP contribution in [0.3, 0.4) is 0 Å². The molecule has 0 saturated carbocycles. The molecule has 2 N–H and O–H groups in total. The van der Waals surface area contributed by atoms with Crippen molar-refractivity contribution in [3.8, 4) is 0 Å². The number of nitrogens with zero attached hydrogens (tertiary/aromatic N) is 2. The van der Waals surface area contributed by atoms with Gasteiger partial charge in [-0.2, -0.15) is 0 Å². The van der Waals surface area contributed by atoms with Gasteiger partial charge in [-0.05, 0) is 50.1 Å². The first-order chi connectivity index (χ1) is 11.2. The molecule has 0 aliphatic carbocycles. The molecule has 0 amide bonds. The highest BCUT2D eigenvalue weighted by molar-refractivity contribution is 14.0. The molecule has 24 heavy (non-hydrogen) atoms. The van der Waals surface area contributed by atoms with Gasteiger partial charge in [0.15, 0.2) is 5.96 Å². The van der Waals surface area contributed by atoms with Gasteiger partial charge in [-0.15, -0.1) is 24.0 Å². The van der Waals surface area contributed by atoms with Gasteiger partial charge in [0.25, 0.3) is 0 Å². The van der Waals surface area contributed by atoms with Crippen molar-refractivity contribution in [1.82, 2.24) is 15.6 Å². The Morgan fingerprint density at radius 1 is 1.12 bits per heavy atom. The normalized spacial score (nSPS) is 10.9. The SMILES string of the molecule is CCNC(=NCc1cccc(C)n1)NCCc1ccc(Cl)cc1.I. The van der Waals surface area contributed by atoms with Crippen molar-refractivity contribution < 1.29 is 0 Å². The Hall–Kier alpha value is -1.34. The lowest BCUT2D eigenvalue weighted by Crippen LogP contribution is -2.38. The maximum absolute atomic E-state index is 5.90. The molecule has 130 valence electrons. The smallest absolute Gasteiger partial charge is 0.191 e. The summed E-state index contributed by atoms with van der Waals surface area (Å²) >= 11 is 5.90. The minimum atomic E-state index is 0. The highest BCUT2D eigenvalue weighted by Gasteiger charge is 1.99. The summed E-state index contributed by atoms with van der Waals surface area (Å²) in [6.45, 7) is 6.25. The molecule has 0 spiro atoms. The maximum atomic E-state index is 5.90. The van der Waals surface area contributed by atoms with Crippen LogP contribution in [0.25, 0.3) is 0 Å². The van der Waals surface area contributed by atoms with Crippen molar-refractivity contribution in [2.45, 2.75) is 26.8 Å². The molecule has 1 heterocycles. The Kier molecular flexibility index (Phi) is 9.71. The summed E-state index contributed by atoms with van der Waals surface area (Å²) in [7, 11) is 0. The minimum Gasteiger partial charge on any atom is -0.357 e. The number of hydrogen-bond donors (Lipinski definition) is 2. The lowest BCUT2D eigenvalue weighted by atomic mass is 10.1. The summed E-state index contributed by atoms with van der Waals surface area (Å²) in [4.78, 5) is 9.05. The predicted octanol–water partition coefficient (Wildman–Crippen LogP) is 3.96. The van der Waals surface area contributed by atoms with E-state index >= 15 is 0 Å². The van der Waals surface area contributed by atoms with E-state index in [2.05, 4.69) is 27.5 Å². The Bertz CT molecular complexity index is 644. The second-order valence-electron chi connectivity index (χ2n) is 5.27. The van der Waals surface area contributed by atoms with Crippen molar-refractivity contribution in [3.05, 3.63) is 64.4 Å². The van der Waals surface area contributed by atoms with Crippen LogP contribution in [0.2, 0.25) is 5.02 Å². The molecular weight excluding hydrogens is 435 g/mol. The van der Waals surface area contributed by atoms with Gasteiger partial charge in [-0.1, -0.05) is 29.8 Å². The molecule has 1 aromatic carbocycles. The number of rotatable bonds is 6. The minimum absolute atomic E-state index is 0. The van der Waals surface area contributed by atoms with Gasteiger partial charge in [-0.25, -0.2) is 4.99 Å². The van der Waals surface area contributed by atoms with Crippen molar-refractivity contribution in [2.24, 2.45) is 4.99 Å². The number of benzene rings is 1. The van der Waals surface area contributed by atoms with Crippen LogP contribution in [0.15, 0.2) is 47.5 Å². The van der Waals surface area contributed by atoms with Crippen LogP contribution in [0.4, 0.5) is 0 Å². The van der Waals surface area contributed by atoms with Gasteiger partial charge in [0.1, 0.15) is 0 Å². The number of pyridine rings is 1. The molecular formula is C18H24ClIN4. The molecule has 0 fully saturated rings. The van der Waals surface area contributed by atoms with Crippen LogP contribution in [0.5, 0.6) is 0 Å². The van der Waals surface area contributed by atoms with E-state index in [1.807, 2.05) is 49.4 Å². The van der Waals surface area contributed by atoms with Crippen LogP contribution >= 0.6 is 35.6 Å². The van der Waals surface area contributed by atoms with E-state index in [0.717, 1.165) is 41.9 Å². The molecule has 0 aliphatic rings. The second-order valence-corrected chi connectivity index (χ2v) is 5.71. The van der Waals surface area contributed by atoms with Crippen molar-refractivity contribution in [1.29, 1.82) is 0 Å². The molecule has 2 rings (SSSR count). The van der Waals surface area contributed by atoms with Gasteiger partial charge >= 0.3 is 0 Å². The first-order valence-electron chi connectivity index (χ1n) is 7.86. The summed E-state index contributed by atoms with van der Waals surface area (Å²) in [5.74, 6) is 0.810. The largest absolute Gasteiger partial charge is 0.357 e. The van der Waals surface area contributed by atoms with Crippen LogP contribution in [0.1, 0.15) is 23.9 Å². The summed E-state index contributed by atoms with van der Waals surface area (Å²) in [6.07, 6.45) is 0.921. The first kappa shape index (κ1) is 20.7. The molecule has 0 bridgehead atoms. The van der Waals surface area contributed by atoms with Crippen molar-refractivity contribution >= 4 is 41.5 Å². The van der Waals surface area contributed by atoms with Crippen molar-refractivity contribution in [2.75, 3.05) is 13.1 Å². The van der Waals surface area contributed by atoms with Gasteiger partial charge in [0, 0.05) is 23.8 Å². The lowest BCUT2D eigenvalue weighted by Gasteiger charge is -2.11. The van der Waals surface area contributed by atoms with E-state index in [9.17, 15) is 0 Å². The molecule has 0 radical (unpaired) electrons. The van der Waals surface area contributed by atoms with Crippen LogP contribution in [-0.2, 0) is 13.0 Å². The Morgan fingerprint density at radius 2 is 1.88 bits per heavy atom. The van der Waals surface area contributed by atoms with E-state index in [1.54, 1.807) is 0 Å². The van der Waals surface area contributed by atoms with E-state index in [0.29, 0.717) is 6.54 Å². The van der Waals surface area contributed by atoms with E-state index in [4.69, 9.17) is 11.6 Å². The van der Waals surface area contributed by atoms with Gasteiger partial charge in [-0.3, -0.25) is 4.98 Å². The molecule has 6 heteroatoms. The number of aliphatic imine (C=N–C) groups is 1. The highest BCUT2D eigenvalue weighted by Crippen LogP contribution is 2.09. The van der Waals surface area contributed by atoms with E-state index in [-0.39, 0.29) is 24.0 Å². The van der Waals surface area contributed by atoms with E-state index < -0.39 is 0 Å². The Balaban J connectivity index is 0.00000288. The third-order valence-electron chi connectivity index (χ3n) is 3.31. The zero-order valence-electron chi connectivity index (χ0n) is 14.1. The average Bonchev–Trinajstić information content (AvgIpc) is 2.54. The maximum Gasteiger partial charge on any atom is 0.191 e. The fourth-order valence-electron chi connectivity index (χ4n) is 2.17. The molecule has 0 unspecified atom stereocenters. The van der Waals surface area contributed by atoms with Crippen LogP contribution in [0, 0.1) is 6.92 Å². The molecule has 0 saturated heterocycles. The summed E-state index contributed by atoms with van der Waals surface area (Å²) in [5.41, 5.74) is 3.23. The zero-order chi connectivity index (χ0) is 16.5. The quantitative estimate of drug-likeness (QED) is 0.391. The molecule has 4 nitrogen and oxygen atoms in total. The number of hydrogen-bond acceptors (Lipinski definition) is 2. The van der Waals surface area contributed by atoms with Crippen LogP contribution in [-0.4, -0.2) is 24.0 Å². The van der Waals surface area contributed by atoms with Gasteiger partial charge in [0.2, 0.25) is 0 Å². The summed E-state index contributed by atoms with van der Waals surface area (Å²) in [6, 6.07) is 13.9. The fraction of sp³-hybridized carbons (Fsp3) is 0.333. The standard InChI is InChI=1S/C18H23ClN4.HI/c1-3-20-18(22-13-17-6-4-5-14(2)23-17)21-12-11-15-7-9-16(19)10-8-15;/h4-10H,3,11-13H2,1-2H3,(H2,20,21,22);1H. The number of halogens is 2. The third-order valence-corrected chi connectivity index (χ3v) is 3.56. The number of aromatic nitrogens is 1. The molecule has 1 aromatic heterocycles.